The molecule has 0 amide bonds. The van der Waals surface area contributed by atoms with Gasteiger partial charge in [0.1, 0.15) is 5.82 Å². The van der Waals surface area contributed by atoms with E-state index in [-0.39, 0.29) is 5.82 Å². The molecule has 0 spiro atoms. The normalized spacial score (nSPS) is 13.9. The van der Waals surface area contributed by atoms with Gasteiger partial charge in [-0.2, -0.15) is 0 Å². The van der Waals surface area contributed by atoms with Gasteiger partial charge in [0.15, 0.2) is 0 Å². The van der Waals surface area contributed by atoms with E-state index in [2.05, 4.69) is 23.5 Å². The fraction of sp³-hybridized carbons (Fsp3) is 0.250. The predicted molar refractivity (Wildman–Crippen MR) is 73.4 cm³/mol. The number of hydrogen-bond acceptors (Lipinski definition) is 1. The molecule has 0 saturated carbocycles. The second kappa shape index (κ2) is 4.45. The summed E-state index contributed by atoms with van der Waals surface area (Å²) in [6, 6.07) is 11.3. The molecule has 0 aromatic heterocycles. The topological polar surface area (TPSA) is 12.0 Å². The highest BCUT2D eigenvalue weighted by atomic mass is 19.1. The molecule has 1 aliphatic rings. The first-order valence-corrected chi connectivity index (χ1v) is 6.37. The Kier molecular flexibility index (Phi) is 2.78. The van der Waals surface area contributed by atoms with Crippen molar-refractivity contribution in [3.05, 3.63) is 53.3 Å². The third-order valence-corrected chi connectivity index (χ3v) is 3.56. The van der Waals surface area contributed by atoms with Gasteiger partial charge in [-0.3, -0.25) is 0 Å². The van der Waals surface area contributed by atoms with Gasteiger partial charge in [-0.1, -0.05) is 18.2 Å². The summed E-state index contributed by atoms with van der Waals surface area (Å²) in [6.07, 6.45) is 2.32. The van der Waals surface area contributed by atoms with Gasteiger partial charge in [0, 0.05) is 12.2 Å². The van der Waals surface area contributed by atoms with Crippen LogP contribution in [0.2, 0.25) is 0 Å². The average Bonchev–Trinajstić information content (AvgIpc) is 2.41. The average molecular weight is 241 g/mol. The van der Waals surface area contributed by atoms with Crippen molar-refractivity contribution in [2.75, 3.05) is 11.9 Å². The van der Waals surface area contributed by atoms with Crippen molar-refractivity contribution >= 4 is 5.69 Å². The Morgan fingerprint density at radius 3 is 2.89 bits per heavy atom. The van der Waals surface area contributed by atoms with Gasteiger partial charge < -0.3 is 5.32 Å². The molecule has 2 heteroatoms. The third-order valence-electron chi connectivity index (χ3n) is 3.56. The first kappa shape index (κ1) is 11.3. The zero-order valence-electron chi connectivity index (χ0n) is 10.5. The highest BCUT2D eigenvalue weighted by Crippen LogP contribution is 2.30. The van der Waals surface area contributed by atoms with Crippen molar-refractivity contribution < 1.29 is 4.39 Å². The molecule has 92 valence electrons. The number of fused-ring (bicyclic) bond motifs is 1. The number of aryl methyl sites for hydroxylation is 2. The maximum Gasteiger partial charge on any atom is 0.123 e. The summed E-state index contributed by atoms with van der Waals surface area (Å²) in [6.45, 7) is 3.04. The van der Waals surface area contributed by atoms with E-state index < -0.39 is 0 Å². The van der Waals surface area contributed by atoms with Crippen LogP contribution in [0.25, 0.3) is 11.1 Å². The van der Waals surface area contributed by atoms with E-state index >= 15 is 0 Å². The van der Waals surface area contributed by atoms with Crippen LogP contribution in [0.4, 0.5) is 10.1 Å². The highest BCUT2D eigenvalue weighted by Gasteiger charge is 2.10. The van der Waals surface area contributed by atoms with E-state index in [1.165, 1.54) is 23.7 Å². The van der Waals surface area contributed by atoms with E-state index in [1.807, 2.05) is 13.0 Å². The molecule has 1 N–H and O–H groups in total. The minimum absolute atomic E-state index is 0.179. The molecular formula is C16H16FN. The lowest BCUT2D eigenvalue weighted by Crippen LogP contribution is -2.11. The SMILES string of the molecule is Cc1ccc(F)cc1-c1ccc2c(c1)NCCC2. The molecule has 0 atom stereocenters. The lowest BCUT2D eigenvalue weighted by Gasteiger charge is -2.19. The van der Waals surface area contributed by atoms with E-state index in [1.54, 1.807) is 6.07 Å². The molecule has 0 bridgehead atoms. The molecule has 0 radical (unpaired) electrons. The first-order chi connectivity index (χ1) is 8.74. The number of rotatable bonds is 1. The lowest BCUT2D eigenvalue weighted by atomic mass is 9.95. The molecule has 18 heavy (non-hydrogen) atoms. The van der Waals surface area contributed by atoms with Crippen molar-refractivity contribution in [3.63, 3.8) is 0 Å². The van der Waals surface area contributed by atoms with Gasteiger partial charge in [0.2, 0.25) is 0 Å². The summed E-state index contributed by atoms with van der Waals surface area (Å²) in [5, 5.41) is 3.41. The molecule has 3 rings (SSSR count). The minimum atomic E-state index is -0.179. The van der Waals surface area contributed by atoms with Crippen LogP contribution in [0.3, 0.4) is 0 Å². The first-order valence-electron chi connectivity index (χ1n) is 6.37. The summed E-state index contributed by atoms with van der Waals surface area (Å²) >= 11 is 0. The molecule has 1 nitrogen and oxygen atoms in total. The van der Waals surface area contributed by atoms with Crippen LogP contribution in [0, 0.1) is 12.7 Å². The Balaban J connectivity index is 2.09. The lowest BCUT2D eigenvalue weighted by molar-refractivity contribution is 0.628. The van der Waals surface area contributed by atoms with Gasteiger partial charge in [-0.05, 0) is 60.2 Å². The summed E-state index contributed by atoms with van der Waals surface area (Å²) in [5.74, 6) is -0.179. The molecule has 2 aromatic rings. The van der Waals surface area contributed by atoms with Crippen molar-refractivity contribution in [1.82, 2.24) is 0 Å². The van der Waals surface area contributed by atoms with Crippen molar-refractivity contribution in [2.24, 2.45) is 0 Å². The summed E-state index contributed by atoms with van der Waals surface area (Å²) in [4.78, 5) is 0. The van der Waals surface area contributed by atoms with E-state index in [9.17, 15) is 4.39 Å². The fourth-order valence-electron chi connectivity index (χ4n) is 2.53. The van der Waals surface area contributed by atoms with Gasteiger partial charge in [0.25, 0.3) is 0 Å². The van der Waals surface area contributed by atoms with Gasteiger partial charge in [0.05, 0.1) is 0 Å². The van der Waals surface area contributed by atoms with Crippen LogP contribution >= 0.6 is 0 Å². The van der Waals surface area contributed by atoms with Crippen LogP contribution in [0.1, 0.15) is 17.5 Å². The number of anilines is 1. The molecular weight excluding hydrogens is 225 g/mol. The number of hydrogen-bond donors (Lipinski definition) is 1. The Morgan fingerprint density at radius 1 is 1.11 bits per heavy atom. The Morgan fingerprint density at radius 2 is 2.00 bits per heavy atom. The third kappa shape index (κ3) is 1.99. The molecule has 0 fully saturated rings. The van der Waals surface area contributed by atoms with Crippen LogP contribution in [-0.2, 0) is 6.42 Å². The molecule has 1 heterocycles. The molecule has 0 saturated heterocycles. The monoisotopic (exact) mass is 241 g/mol. The summed E-state index contributed by atoms with van der Waals surface area (Å²) < 4.78 is 13.4. The minimum Gasteiger partial charge on any atom is -0.385 e. The summed E-state index contributed by atoms with van der Waals surface area (Å²) in [5.41, 5.74) is 5.72. The number of nitrogens with one attached hydrogen (secondary N) is 1. The second-order valence-corrected chi connectivity index (χ2v) is 4.86. The number of halogens is 1. The van der Waals surface area contributed by atoms with Gasteiger partial charge in [-0.25, -0.2) is 4.39 Å². The Hall–Kier alpha value is -1.83. The van der Waals surface area contributed by atoms with E-state index in [0.29, 0.717) is 0 Å². The fourth-order valence-corrected chi connectivity index (χ4v) is 2.53. The van der Waals surface area contributed by atoms with Crippen LogP contribution in [-0.4, -0.2) is 6.54 Å². The van der Waals surface area contributed by atoms with Gasteiger partial charge in [-0.15, -0.1) is 0 Å². The Bertz CT molecular complexity index is 590. The summed E-state index contributed by atoms with van der Waals surface area (Å²) in [7, 11) is 0. The molecule has 1 aliphatic heterocycles. The van der Waals surface area contributed by atoms with Crippen molar-refractivity contribution in [3.8, 4) is 11.1 Å². The highest BCUT2D eigenvalue weighted by molar-refractivity contribution is 5.72. The van der Waals surface area contributed by atoms with Crippen LogP contribution in [0.5, 0.6) is 0 Å². The zero-order chi connectivity index (χ0) is 12.5. The van der Waals surface area contributed by atoms with Gasteiger partial charge >= 0.3 is 0 Å². The van der Waals surface area contributed by atoms with Crippen LogP contribution in [0.15, 0.2) is 36.4 Å². The largest absolute Gasteiger partial charge is 0.385 e. The second-order valence-electron chi connectivity index (χ2n) is 4.86. The smallest absolute Gasteiger partial charge is 0.123 e. The van der Waals surface area contributed by atoms with Crippen LogP contribution < -0.4 is 5.32 Å². The molecule has 0 aliphatic carbocycles. The van der Waals surface area contributed by atoms with E-state index in [0.717, 1.165) is 29.7 Å². The maximum absolute atomic E-state index is 13.4. The Labute approximate surface area is 107 Å². The quantitative estimate of drug-likeness (QED) is 0.790. The maximum atomic E-state index is 13.4. The molecule has 0 unspecified atom stereocenters. The standard InChI is InChI=1S/C16H16FN/c1-11-4-7-14(17)10-15(11)13-6-5-12-3-2-8-18-16(12)9-13/h4-7,9-10,18H,2-3,8H2,1H3. The van der Waals surface area contributed by atoms with Crippen molar-refractivity contribution in [2.45, 2.75) is 19.8 Å². The van der Waals surface area contributed by atoms with E-state index in [4.69, 9.17) is 0 Å². The predicted octanol–water partition coefficient (Wildman–Crippen LogP) is 4.16. The zero-order valence-corrected chi connectivity index (χ0v) is 10.5. The van der Waals surface area contributed by atoms with Crippen molar-refractivity contribution in [1.29, 1.82) is 0 Å². The number of benzene rings is 2. The molecule has 2 aromatic carbocycles.